The highest BCUT2D eigenvalue weighted by Gasteiger charge is 2.37. The van der Waals surface area contributed by atoms with Gasteiger partial charge in [0, 0.05) is 29.2 Å². The molecule has 0 aromatic heterocycles. The van der Waals surface area contributed by atoms with Crippen molar-refractivity contribution in [1.82, 2.24) is 0 Å². The molecule has 88 valence electrons. The Balaban J connectivity index is 2.01. The van der Waals surface area contributed by atoms with E-state index >= 15 is 0 Å². The molecule has 0 radical (unpaired) electrons. The largest absolute Gasteiger partial charge is 0.384 e. The average molecular weight is 241 g/mol. The minimum absolute atomic E-state index is 0.106. The van der Waals surface area contributed by atoms with E-state index in [-0.39, 0.29) is 5.41 Å². The molecule has 1 aliphatic rings. The first kappa shape index (κ1) is 11.7. The maximum absolute atomic E-state index is 5.96. The standard InChI is InChI=1S/C12H17ClN2O/c1-9-2-3-10(13)4-11(9)15-6-12(5-14)7-16-8-12/h2-4,15H,5-8,14H2,1H3. The van der Waals surface area contributed by atoms with Crippen LogP contribution < -0.4 is 11.1 Å². The first-order valence-electron chi connectivity index (χ1n) is 5.43. The molecule has 0 aliphatic carbocycles. The van der Waals surface area contributed by atoms with E-state index in [9.17, 15) is 0 Å². The predicted molar refractivity (Wildman–Crippen MR) is 67.0 cm³/mol. The van der Waals surface area contributed by atoms with E-state index in [1.165, 1.54) is 5.56 Å². The number of hydrogen-bond acceptors (Lipinski definition) is 3. The Morgan fingerprint density at radius 2 is 2.25 bits per heavy atom. The zero-order chi connectivity index (χ0) is 11.6. The molecule has 0 spiro atoms. The normalized spacial score (nSPS) is 17.9. The van der Waals surface area contributed by atoms with Gasteiger partial charge >= 0.3 is 0 Å². The molecule has 0 saturated carbocycles. The summed E-state index contributed by atoms with van der Waals surface area (Å²) in [5.41, 5.74) is 8.13. The lowest BCUT2D eigenvalue weighted by atomic mass is 9.86. The van der Waals surface area contributed by atoms with E-state index in [1.807, 2.05) is 18.2 Å². The molecule has 0 unspecified atom stereocenters. The van der Waals surface area contributed by atoms with Gasteiger partial charge in [-0.1, -0.05) is 17.7 Å². The van der Waals surface area contributed by atoms with Crippen molar-refractivity contribution in [2.24, 2.45) is 11.1 Å². The minimum atomic E-state index is 0.106. The second-order valence-electron chi connectivity index (χ2n) is 4.51. The van der Waals surface area contributed by atoms with Crippen LogP contribution in [0, 0.1) is 12.3 Å². The van der Waals surface area contributed by atoms with Gasteiger partial charge in [0.25, 0.3) is 0 Å². The van der Waals surface area contributed by atoms with Crippen molar-refractivity contribution < 1.29 is 4.74 Å². The van der Waals surface area contributed by atoms with Crippen molar-refractivity contribution in [1.29, 1.82) is 0 Å². The molecule has 3 N–H and O–H groups in total. The predicted octanol–water partition coefficient (Wildman–Crippen LogP) is 2.04. The second kappa shape index (κ2) is 4.62. The number of ether oxygens (including phenoxy) is 1. The molecule has 3 nitrogen and oxygen atoms in total. The molecule has 1 fully saturated rings. The summed E-state index contributed by atoms with van der Waals surface area (Å²) in [6.45, 7) is 5.04. The Bertz CT molecular complexity index is 372. The topological polar surface area (TPSA) is 47.3 Å². The molecular weight excluding hydrogens is 224 g/mol. The fourth-order valence-corrected chi connectivity index (χ4v) is 1.92. The molecule has 0 atom stereocenters. The van der Waals surface area contributed by atoms with Crippen molar-refractivity contribution in [3.63, 3.8) is 0 Å². The quantitative estimate of drug-likeness (QED) is 0.847. The number of benzene rings is 1. The van der Waals surface area contributed by atoms with Crippen LogP contribution in [0.2, 0.25) is 5.02 Å². The third-order valence-electron chi connectivity index (χ3n) is 3.10. The van der Waals surface area contributed by atoms with Crippen LogP contribution >= 0.6 is 11.6 Å². The molecular formula is C12H17ClN2O. The summed E-state index contributed by atoms with van der Waals surface area (Å²) < 4.78 is 5.23. The third-order valence-corrected chi connectivity index (χ3v) is 3.34. The van der Waals surface area contributed by atoms with E-state index < -0.39 is 0 Å². The van der Waals surface area contributed by atoms with Crippen LogP contribution in [0.5, 0.6) is 0 Å². The van der Waals surface area contributed by atoms with Crippen molar-refractivity contribution in [2.75, 3.05) is 31.6 Å². The number of halogens is 1. The first-order valence-corrected chi connectivity index (χ1v) is 5.81. The van der Waals surface area contributed by atoms with Gasteiger partial charge in [-0.25, -0.2) is 0 Å². The summed E-state index contributed by atoms with van der Waals surface area (Å²) in [5, 5.41) is 4.15. The van der Waals surface area contributed by atoms with Crippen LogP contribution in [-0.2, 0) is 4.74 Å². The fraction of sp³-hybridized carbons (Fsp3) is 0.500. The van der Waals surface area contributed by atoms with Gasteiger partial charge in [0.2, 0.25) is 0 Å². The Kier molecular flexibility index (Phi) is 3.38. The monoisotopic (exact) mass is 240 g/mol. The molecule has 1 aromatic rings. The lowest BCUT2D eigenvalue weighted by molar-refractivity contribution is -0.0979. The number of nitrogens with one attached hydrogen (secondary N) is 1. The molecule has 1 aromatic carbocycles. The van der Waals surface area contributed by atoms with Crippen molar-refractivity contribution in [3.8, 4) is 0 Å². The second-order valence-corrected chi connectivity index (χ2v) is 4.95. The number of hydrogen-bond donors (Lipinski definition) is 2. The Morgan fingerprint density at radius 3 is 2.81 bits per heavy atom. The van der Waals surface area contributed by atoms with Gasteiger partial charge in [0.05, 0.1) is 13.2 Å². The lowest BCUT2D eigenvalue weighted by Gasteiger charge is -2.40. The zero-order valence-electron chi connectivity index (χ0n) is 9.42. The van der Waals surface area contributed by atoms with Crippen LogP contribution in [0.4, 0.5) is 5.69 Å². The van der Waals surface area contributed by atoms with E-state index in [2.05, 4.69) is 12.2 Å². The lowest BCUT2D eigenvalue weighted by Crippen LogP contribution is -2.52. The van der Waals surface area contributed by atoms with Crippen molar-refractivity contribution in [3.05, 3.63) is 28.8 Å². The Labute approximate surface area is 101 Å². The van der Waals surface area contributed by atoms with Gasteiger partial charge in [-0.05, 0) is 24.6 Å². The van der Waals surface area contributed by atoms with E-state index in [4.69, 9.17) is 22.1 Å². The molecule has 1 aliphatic heterocycles. The first-order chi connectivity index (χ1) is 7.65. The summed E-state index contributed by atoms with van der Waals surface area (Å²) in [5.74, 6) is 0. The van der Waals surface area contributed by atoms with Crippen LogP contribution in [-0.4, -0.2) is 26.3 Å². The summed E-state index contributed by atoms with van der Waals surface area (Å²) in [4.78, 5) is 0. The van der Waals surface area contributed by atoms with Gasteiger partial charge in [-0.2, -0.15) is 0 Å². The summed E-state index contributed by atoms with van der Waals surface area (Å²) >= 11 is 5.96. The maximum atomic E-state index is 5.96. The van der Waals surface area contributed by atoms with Crippen LogP contribution in [0.15, 0.2) is 18.2 Å². The van der Waals surface area contributed by atoms with Crippen molar-refractivity contribution in [2.45, 2.75) is 6.92 Å². The van der Waals surface area contributed by atoms with Gasteiger partial charge in [-0.3, -0.25) is 0 Å². The number of aryl methyl sites for hydroxylation is 1. The van der Waals surface area contributed by atoms with Crippen molar-refractivity contribution >= 4 is 17.3 Å². The zero-order valence-corrected chi connectivity index (χ0v) is 10.2. The highest BCUT2D eigenvalue weighted by atomic mass is 35.5. The highest BCUT2D eigenvalue weighted by molar-refractivity contribution is 6.30. The number of rotatable bonds is 4. The molecule has 1 heterocycles. The van der Waals surface area contributed by atoms with E-state index in [0.29, 0.717) is 6.54 Å². The van der Waals surface area contributed by atoms with E-state index in [1.54, 1.807) is 0 Å². The Hall–Kier alpha value is -0.770. The number of nitrogens with two attached hydrogens (primary N) is 1. The van der Waals surface area contributed by atoms with E-state index in [0.717, 1.165) is 30.5 Å². The van der Waals surface area contributed by atoms with Gasteiger partial charge < -0.3 is 15.8 Å². The third kappa shape index (κ3) is 2.32. The number of anilines is 1. The van der Waals surface area contributed by atoms with Crippen LogP contribution in [0.3, 0.4) is 0 Å². The molecule has 1 saturated heterocycles. The van der Waals surface area contributed by atoms with Gasteiger partial charge in [0.15, 0.2) is 0 Å². The SMILES string of the molecule is Cc1ccc(Cl)cc1NCC1(CN)COC1. The molecule has 0 bridgehead atoms. The summed E-state index contributed by atoms with van der Waals surface area (Å²) in [6, 6.07) is 5.85. The maximum Gasteiger partial charge on any atom is 0.0574 e. The van der Waals surface area contributed by atoms with Crippen LogP contribution in [0.25, 0.3) is 0 Å². The van der Waals surface area contributed by atoms with Gasteiger partial charge in [0.1, 0.15) is 0 Å². The fourth-order valence-electron chi connectivity index (χ4n) is 1.75. The molecule has 4 heteroatoms. The van der Waals surface area contributed by atoms with Crippen LogP contribution in [0.1, 0.15) is 5.56 Å². The summed E-state index contributed by atoms with van der Waals surface area (Å²) in [6.07, 6.45) is 0. The molecule has 0 amide bonds. The average Bonchev–Trinajstić information content (AvgIpc) is 2.22. The minimum Gasteiger partial charge on any atom is -0.384 e. The highest BCUT2D eigenvalue weighted by Crippen LogP contribution is 2.28. The molecule has 16 heavy (non-hydrogen) atoms. The smallest absolute Gasteiger partial charge is 0.0574 e. The van der Waals surface area contributed by atoms with Gasteiger partial charge in [-0.15, -0.1) is 0 Å². The Morgan fingerprint density at radius 1 is 1.50 bits per heavy atom. The molecule has 2 rings (SSSR count). The summed E-state index contributed by atoms with van der Waals surface area (Å²) in [7, 11) is 0.